The van der Waals surface area contributed by atoms with E-state index in [-0.39, 0.29) is 18.7 Å². The van der Waals surface area contributed by atoms with Crippen molar-refractivity contribution >= 4 is 5.69 Å². The predicted molar refractivity (Wildman–Crippen MR) is 60.4 cm³/mol. The molecule has 2 unspecified atom stereocenters. The van der Waals surface area contributed by atoms with E-state index in [0.717, 1.165) is 12.1 Å². The summed E-state index contributed by atoms with van der Waals surface area (Å²) >= 11 is 0. The van der Waals surface area contributed by atoms with Crippen molar-refractivity contribution in [2.75, 3.05) is 12.3 Å². The third-order valence-electron chi connectivity index (χ3n) is 2.35. The van der Waals surface area contributed by atoms with Gasteiger partial charge in [0.15, 0.2) is 0 Å². The zero-order valence-electron chi connectivity index (χ0n) is 9.29. The van der Waals surface area contributed by atoms with E-state index in [1.54, 1.807) is 0 Å². The van der Waals surface area contributed by atoms with E-state index in [1.165, 1.54) is 0 Å². The first-order valence-electron chi connectivity index (χ1n) is 5.08. The Morgan fingerprint density at radius 1 is 1.33 bits per heavy atom. The summed E-state index contributed by atoms with van der Waals surface area (Å²) < 4.78 is 26.9. The first kappa shape index (κ1) is 14.2. The Morgan fingerprint density at radius 3 is 2.39 bits per heavy atom. The van der Waals surface area contributed by atoms with Crippen LogP contribution in [0.25, 0.3) is 10.4 Å². The Morgan fingerprint density at radius 2 is 1.89 bits per heavy atom. The van der Waals surface area contributed by atoms with Gasteiger partial charge in [-0.05, 0) is 24.1 Å². The van der Waals surface area contributed by atoms with Crippen LogP contribution in [0.3, 0.4) is 0 Å². The average molecular weight is 258 g/mol. The van der Waals surface area contributed by atoms with Gasteiger partial charge in [-0.1, -0.05) is 5.11 Å². The molecule has 0 heterocycles. The lowest BCUT2D eigenvalue weighted by atomic mass is 10.0. The van der Waals surface area contributed by atoms with Crippen molar-refractivity contribution in [3.05, 3.63) is 39.8 Å². The van der Waals surface area contributed by atoms with Crippen molar-refractivity contribution in [3.8, 4) is 0 Å². The van der Waals surface area contributed by atoms with E-state index in [9.17, 15) is 19.0 Å². The van der Waals surface area contributed by atoms with Crippen LogP contribution in [-0.2, 0) is 0 Å². The number of nitrogens with zero attached hydrogens (tertiary/aromatic N) is 3. The third kappa shape index (κ3) is 3.30. The van der Waals surface area contributed by atoms with Gasteiger partial charge in [-0.3, -0.25) is 0 Å². The van der Waals surface area contributed by atoms with Crippen molar-refractivity contribution in [1.82, 2.24) is 0 Å². The Balaban J connectivity index is 2.89. The SMILES string of the molecule is [N-]=[N+]=NCCC(O)C(O)c1c(F)cc(N)cc1F. The van der Waals surface area contributed by atoms with Gasteiger partial charge in [-0.2, -0.15) is 0 Å². The molecule has 0 fully saturated rings. The Labute approximate surface area is 101 Å². The highest BCUT2D eigenvalue weighted by Gasteiger charge is 2.25. The second-order valence-corrected chi connectivity index (χ2v) is 3.65. The molecule has 0 saturated carbocycles. The molecule has 0 radical (unpaired) electrons. The zero-order valence-corrected chi connectivity index (χ0v) is 9.29. The molecule has 0 aliphatic carbocycles. The summed E-state index contributed by atoms with van der Waals surface area (Å²) in [5.41, 5.74) is 12.5. The number of nitrogen functional groups attached to an aromatic ring is 1. The number of azide groups is 1. The molecule has 1 rings (SSSR count). The van der Waals surface area contributed by atoms with Gasteiger partial charge in [0, 0.05) is 17.1 Å². The maximum atomic E-state index is 13.4. The summed E-state index contributed by atoms with van der Waals surface area (Å²) in [5.74, 6) is -2.08. The molecule has 0 saturated heterocycles. The van der Waals surface area contributed by atoms with Gasteiger partial charge in [-0.15, -0.1) is 0 Å². The molecule has 8 heteroatoms. The molecular formula is C10H12F2N4O2. The molecule has 0 amide bonds. The molecule has 0 aliphatic heterocycles. The lowest BCUT2D eigenvalue weighted by molar-refractivity contribution is 0.0108. The van der Waals surface area contributed by atoms with E-state index in [4.69, 9.17) is 11.3 Å². The number of hydrogen-bond donors (Lipinski definition) is 3. The normalized spacial score (nSPS) is 13.8. The smallest absolute Gasteiger partial charge is 0.134 e. The number of aliphatic hydroxyl groups is 2. The average Bonchev–Trinajstić information content (AvgIpc) is 2.27. The molecule has 1 aromatic rings. The van der Waals surface area contributed by atoms with Crippen LogP contribution in [0.15, 0.2) is 17.2 Å². The lowest BCUT2D eigenvalue weighted by Crippen LogP contribution is -2.21. The fraction of sp³-hybridized carbons (Fsp3) is 0.400. The molecule has 0 bridgehead atoms. The summed E-state index contributed by atoms with van der Waals surface area (Å²) in [7, 11) is 0. The number of aliphatic hydroxyl groups excluding tert-OH is 2. The highest BCUT2D eigenvalue weighted by atomic mass is 19.1. The van der Waals surface area contributed by atoms with Gasteiger partial charge in [0.25, 0.3) is 0 Å². The fourth-order valence-electron chi connectivity index (χ4n) is 1.47. The third-order valence-corrected chi connectivity index (χ3v) is 2.35. The van der Waals surface area contributed by atoms with E-state index in [1.807, 2.05) is 0 Å². The second kappa shape index (κ2) is 6.15. The van der Waals surface area contributed by atoms with Gasteiger partial charge < -0.3 is 15.9 Å². The monoisotopic (exact) mass is 258 g/mol. The minimum atomic E-state index is -1.75. The van der Waals surface area contributed by atoms with Crippen LogP contribution in [0.5, 0.6) is 0 Å². The minimum Gasteiger partial charge on any atom is -0.399 e. The van der Waals surface area contributed by atoms with Gasteiger partial charge >= 0.3 is 0 Å². The van der Waals surface area contributed by atoms with Gasteiger partial charge in [0.2, 0.25) is 0 Å². The maximum absolute atomic E-state index is 13.4. The number of anilines is 1. The molecule has 2 atom stereocenters. The van der Waals surface area contributed by atoms with E-state index < -0.39 is 29.4 Å². The highest BCUT2D eigenvalue weighted by molar-refractivity contribution is 5.42. The van der Waals surface area contributed by atoms with Crippen LogP contribution in [0.2, 0.25) is 0 Å². The molecule has 0 spiro atoms. The van der Waals surface area contributed by atoms with E-state index in [0.29, 0.717) is 0 Å². The molecule has 1 aromatic carbocycles. The molecule has 0 aromatic heterocycles. The first-order valence-corrected chi connectivity index (χ1v) is 5.08. The minimum absolute atomic E-state index is 0.0903. The van der Waals surface area contributed by atoms with Gasteiger partial charge in [0.05, 0.1) is 11.7 Å². The Hall–Kier alpha value is -1.89. The van der Waals surface area contributed by atoms with Crippen LogP contribution < -0.4 is 5.73 Å². The summed E-state index contributed by atoms with van der Waals surface area (Å²) in [5, 5.41) is 22.3. The lowest BCUT2D eigenvalue weighted by Gasteiger charge is -2.18. The molecular weight excluding hydrogens is 246 g/mol. The number of nitrogens with two attached hydrogens (primary N) is 1. The van der Waals surface area contributed by atoms with E-state index in [2.05, 4.69) is 10.0 Å². The summed E-state index contributed by atoms with van der Waals surface area (Å²) in [6.45, 7) is -0.0903. The second-order valence-electron chi connectivity index (χ2n) is 3.65. The molecule has 0 aliphatic rings. The quantitative estimate of drug-likeness (QED) is 0.322. The van der Waals surface area contributed by atoms with Gasteiger partial charge in [0.1, 0.15) is 17.7 Å². The largest absolute Gasteiger partial charge is 0.399 e. The number of benzene rings is 1. The summed E-state index contributed by atoms with van der Waals surface area (Å²) in [4.78, 5) is 2.45. The van der Waals surface area contributed by atoms with Crippen molar-refractivity contribution in [2.24, 2.45) is 5.11 Å². The number of halogens is 2. The first-order chi connectivity index (χ1) is 8.47. The molecule has 18 heavy (non-hydrogen) atoms. The van der Waals surface area contributed by atoms with Crippen molar-refractivity contribution < 1.29 is 19.0 Å². The Bertz CT molecular complexity index is 454. The molecule has 6 nitrogen and oxygen atoms in total. The predicted octanol–water partition coefficient (Wildman–Crippen LogP) is 1.64. The van der Waals surface area contributed by atoms with E-state index >= 15 is 0 Å². The van der Waals surface area contributed by atoms with Crippen molar-refractivity contribution in [1.29, 1.82) is 0 Å². The van der Waals surface area contributed by atoms with Crippen LogP contribution >= 0.6 is 0 Å². The maximum Gasteiger partial charge on any atom is 0.134 e. The molecule has 4 N–H and O–H groups in total. The van der Waals surface area contributed by atoms with Gasteiger partial charge in [-0.25, -0.2) is 8.78 Å². The van der Waals surface area contributed by atoms with Crippen LogP contribution in [-0.4, -0.2) is 22.9 Å². The fourth-order valence-corrected chi connectivity index (χ4v) is 1.47. The van der Waals surface area contributed by atoms with Crippen LogP contribution in [0.1, 0.15) is 18.1 Å². The topological polar surface area (TPSA) is 115 Å². The summed E-state index contributed by atoms with van der Waals surface area (Å²) in [6.07, 6.45) is -3.31. The highest BCUT2D eigenvalue weighted by Crippen LogP contribution is 2.26. The number of hydrogen-bond acceptors (Lipinski definition) is 4. The van der Waals surface area contributed by atoms with Crippen molar-refractivity contribution in [3.63, 3.8) is 0 Å². The summed E-state index contributed by atoms with van der Waals surface area (Å²) in [6, 6.07) is 1.70. The van der Waals surface area contributed by atoms with Crippen LogP contribution in [0.4, 0.5) is 14.5 Å². The van der Waals surface area contributed by atoms with Crippen molar-refractivity contribution in [2.45, 2.75) is 18.6 Å². The standard InChI is InChI=1S/C10H12F2N4O2/c11-6-3-5(13)4-7(12)9(6)10(18)8(17)1-2-15-16-14/h3-4,8,10,17-18H,1-2,13H2. The Kier molecular flexibility index (Phi) is 4.85. The molecule has 98 valence electrons. The number of rotatable bonds is 5. The zero-order chi connectivity index (χ0) is 13.7. The van der Waals surface area contributed by atoms with Crippen LogP contribution in [0, 0.1) is 11.6 Å².